The summed E-state index contributed by atoms with van der Waals surface area (Å²) in [5, 5.41) is 19.6. The fraction of sp³-hybridized carbons (Fsp3) is 0.627. The van der Waals surface area contributed by atoms with Gasteiger partial charge < -0.3 is 48.4 Å². The number of rotatable bonds is 28. The molecular formula is C59H99N9O6. The topological polar surface area (TPSA) is 242 Å². The monoisotopic (exact) mass is 1030 g/mol. The second kappa shape index (κ2) is 35.1. The number of para-hydroxylation sites is 1. The Morgan fingerprint density at radius 3 is 1.30 bits per heavy atom. The van der Waals surface area contributed by atoms with E-state index in [0.29, 0.717) is 31.0 Å². The number of ketones is 4. The van der Waals surface area contributed by atoms with Crippen molar-refractivity contribution >= 4 is 51.7 Å². The Bertz CT molecular complexity index is 2140. The lowest BCUT2D eigenvalue weighted by Crippen LogP contribution is -2.44. The summed E-state index contributed by atoms with van der Waals surface area (Å²) in [6.45, 7) is 32.9. The maximum absolute atomic E-state index is 12.4. The smallest absolute Gasteiger partial charge is 0.312 e. The molecule has 0 aliphatic heterocycles. The van der Waals surface area contributed by atoms with Crippen molar-refractivity contribution in [3.63, 3.8) is 0 Å². The molecule has 1 aromatic heterocycles. The van der Waals surface area contributed by atoms with Gasteiger partial charge in [0.05, 0.1) is 24.2 Å². The molecule has 0 fully saturated rings. The van der Waals surface area contributed by atoms with Crippen LogP contribution in [0.15, 0.2) is 60.8 Å². The van der Waals surface area contributed by atoms with Crippen LogP contribution in [0.5, 0.6) is 0 Å². The van der Waals surface area contributed by atoms with E-state index in [9.17, 15) is 28.8 Å². The first kappa shape index (κ1) is 66.8. The zero-order valence-electron chi connectivity index (χ0n) is 48.2. The molecule has 15 heteroatoms. The second-order valence-corrected chi connectivity index (χ2v) is 21.9. The van der Waals surface area contributed by atoms with Crippen LogP contribution < -0.4 is 43.4 Å². The first-order valence-corrected chi connectivity index (χ1v) is 27.2. The number of amides is 4. The van der Waals surface area contributed by atoms with E-state index in [1.54, 1.807) is 0 Å². The van der Waals surface area contributed by atoms with Gasteiger partial charge in [-0.1, -0.05) is 159 Å². The van der Waals surface area contributed by atoms with Crippen LogP contribution in [0.3, 0.4) is 0 Å². The maximum Gasteiger partial charge on any atom is 0.312 e. The van der Waals surface area contributed by atoms with Crippen molar-refractivity contribution in [2.24, 2.45) is 35.1 Å². The molecule has 2 aromatic carbocycles. The molecule has 1 aliphatic rings. The average molecular weight is 1030 g/mol. The number of H-pyrrole nitrogens is 1. The highest BCUT2D eigenvalue weighted by atomic mass is 16.2. The highest BCUT2D eigenvalue weighted by molar-refractivity contribution is 5.90. The molecule has 3 aromatic rings. The minimum absolute atomic E-state index is 0.0235. The Balaban J connectivity index is 0.000000495. The maximum atomic E-state index is 12.4. The van der Waals surface area contributed by atoms with Gasteiger partial charge in [-0.2, -0.15) is 0 Å². The molecule has 0 bridgehead atoms. The molecule has 1 heterocycles. The van der Waals surface area contributed by atoms with E-state index >= 15 is 0 Å². The van der Waals surface area contributed by atoms with Gasteiger partial charge >= 0.3 is 12.1 Å². The fourth-order valence-electron chi connectivity index (χ4n) is 8.64. The molecule has 11 N–H and O–H groups in total. The summed E-state index contributed by atoms with van der Waals surface area (Å²) in [5.41, 5.74) is 16.3. The van der Waals surface area contributed by atoms with E-state index in [1.165, 1.54) is 27.6 Å². The number of Topliss-reactive ketones (excluding diaryl/α,β-unsaturated/α-hetero) is 4. The molecule has 74 heavy (non-hydrogen) atoms. The summed E-state index contributed by atoms with van der Waals surface area (Å²) < 4.78 is 0. The van der Waals surface area contributed by atoms with Gasteiger partial charge in [-0.05, 0) is 73.3 Å². The summed E-state index contributed by atoms with van der Waals surface area (Å²) in [4.78, 5) is 72.9. The van der Waals surface area contributed by atoms with E-state index in [4.69, 9.17) is 11.5 Å². The van der Waals surface area contributed by atoms with E-state index in [2.05, 4.69) is 107 Å². The summed E-state index contributed by atoms with van der Waals surface area (Å²) in [5.74, 6) is 1.20. The first-order chi connectivity index (χ1) is 34.7. The van der Waals surface area contributed by atoms with Gasteiger partial charge in [0.25, 0.3) is 0 Å². The predicted octanol–water partition coefficient (Wildman–Crippen LogP) is 8.96. The van der Waals surface area contributed by atoms with Crippen molar-refractivity contribution < 1.29 is 28.8 Å². The van der Waals surface area contributed by atoms with E-state index in [-0.39, 0.29) is 77.3 Å². The number of hydrogen-bond donors (Lipinski definition) is 9. The highest BCUT2D eigenvalue weighted by Gasteiger charge is 2.27. The van der Waals surface area contributed by atoms with E-state index < -0.39 is 12.1 Å². The molecule has 4 rings (SSSR count). The number of aromatic nitrogens is 1. The first-order valence-electron chi connectivity index (χ1n) is 27.2. The number of nitrogens with two attached hydrogens (primary N) is 2. The van der Waals surface area contributed by atoms with Gasteiger partial charge in [0.1, 0.15) is 0 Å². The molecule has 0 spiro atoms. The Morgan fingerprint density at radius 1 is 0.500 bits per heavy atom. The van der Waals surface area contributed by atoms with Crippen molar-refractivity contribution in [1.29, 1.82) is 0 Å². The van der Waals surface area contributed by atoms with Gasteiger partial charge in [-0.3, -0.25) is 19.2 Å². The Morgan fingerprint density at radius 2 is 0.878 bits per heavy atom. The number of nitrogens with one attached hydrogen (secondary N) is 7. The molecule has 416 valence electrons. The molecule has 0 unspecified atom stereocenters. The zero-order chi connectivity index (χ0) is 56.2. The average Bonchev–Trinajstić information content (AvgIpc) is 3.93. The number of hydrogen-bond acceptors (Lipinski definition) is 10. The largest absolute Gasteiger partial charge is 0.361 e. The lowest BCUT2D eigenvalue weighted by atomic mass is 9.93. The minimum atomic E-state index is -0.520. The standard InChI is InChI=1S/C18H25NO.C17H24N2O.2C12H25N3O2/c1-12(2)18(20)17(19-13(3)4)11-15-10-9-14-7-5-6-8-16(14)15;1-11(2)17(20)16(19-12(3)4)9-13-10-18-15-8-6-5-7-14(13)15;2*1-8(2)11(16)10(15-9(3)4)6-5-7-14-12(13)17/h5-8,10,12-13,17,19H,9,11H2,1-4H3;5-8,10-12,16,18-19H,9H2,1-4H3;2*8-10,15H,5-7H2,1-4H3,(H3,13,14,17)/t17-;16-;2*10-/m0000/s1. The summed E-state index contributed by atoms with van der Waals surface area (Å²) in [7, 11) is 0. The highest BCUT2D eigenvalue weighted by Crippen LogP contribution is 2.31. The molecule has 0 saturated carbocycles. The van der Waals surface area contributed by atoms with Crippen LogP contribution in [-0.4, -0.2) is 102 Å². The summed E-state index contributed by atoms with van der Waals surface area (Å²) in [6.07, 6.45) is 9.74. The van der Waals surface area contributed by atoms with Crippen LogP contribution in [0.25, 0.3) is 16.5 Å². The number of carbonyl (C=O) groups is 6. The van der Waals surface area contributed by atoms with Crippen LogP contribution in [0.4, 0.5) is 9.59 Å². The Kier molecular flexibility index (Phi) is 31.7. The molecule has 0 radical (unpaired) electrons. The third-order valence-corrected chi connectivity index (χ3v) is 12.2. The van der Waals surface area contributed by atoms with Gasteiger partial charge in [-0.25, -0.2) is 9.59 Å². The quantitative estimate of drug-likeness (QED) is 0.0313. The zero-order valence-corrected chi connectivity index (χ0v) is 48.2. The molecule has 4 amide bonds. The summed E-state index contributed by atoms with van der Waals surface area (Å²) in [6, 6.07) is 16.4. The number of fused-ring (bicyclic) bond motifs is 2. The molecule has 0 saturated heterocycles. The van der Waals surface area contributed by atoms with Crippen molar-refractivity contribution in [3.8, 4) is 0 Å². The van der Waals surface area contributed by atoms with Gasteiger partial charge in [0, 0.05) is 78.0 Å². The van der Waals surface area contributed by atoms with Crippen LogP contribution in [0.2, 0.25) is 0 Å². The molecule has 1 aliphatic carbocycles. The van der Waals surface area contributed by atoms with Gasteiger partial charge in [-0.15, -0.1) is 0 Å². The number of allylic oxidation sites excluding steroid dienone is 1. The Hall–Kier alpha value is -5.22. The van der Waals surface area contributed by atoms with Crippen molar-refractivity contribution in [2.75, 3.05) is 13.1 Å². The summed E-state index contributed by atoms with van der Waals surface area (Å²) >= 11 is 0. The van der Waals surface area contributed by atoms with E-state index in [1.807, 2.05) is 101 Å². The van der Waals surface area contributed by atoms with Gasteiger partial charge in [0.2, 0.25) is 0 Å². The minimum Gasteiger partial charge on any atom is -0.361 e. The number of benzene rings is 2. The normalized spacial score (nSPS) is 13.6. The number of urea groups is 2. The number of primary amides is 2. The molecule has 15 nitrogen and oxygen atoms in total. The SMILES string of the molecule is CC(C)N[C@@H](CC1=CCc2ccccc21)C(=O)C(C)C.CC(C)N[C@@H](CCCNC(N)=O)C(=O)C(C)C.CC(C)N[C@@H](CCCNC(N)=O)C(=O)C(C)C.CC(C)N[C@@H](Cc1c[nH]c2ccccc12)C(=O)C(C)C. The lowest BCUT2D eigenvalue weighted by molar-refractivity contribution is -0.125. The van der Waals surface area contributed by atoms with Crippen LogP contribution >= 0.6 is 0 Å². The third-order valence-electron chi connectivity index (χ3n) is 12.2. The van der Waals surface area contributed by atoms with Gasteiger partial charge in [0.15, 0.2) is 23.1 Å². The number of carbonyl (C=O) groups excluding carboxylic acids is 6. The molecular weight excluding hydrogens is 931 g/mol. The molecule has 4 atom stereocenters. The van der Waals surface area contributed by atoms with Crippen LogP contribution in [-0.2, 0) is 32.0 Å². The van der Waals surface area contributed by atoms with Crippen molar-refractivity contribution in [3.05, 3.63) is 77.5 Å². The lowest BCUT2D eigenvalue weighted by Gasteiger charge is -2.23. The van der Waals surface area contributed by atoms with Crippen molar-refractivity contribution in [2.45, 2.75) is 204 Å². The Labute approximate surface area is 445 Å². The predicted molar refractivity (Wildman–Crippen MR) is 306 cm³/mol. The second-order valence-electron chi connectivity index (χ2n) is 21.9. The fourth-order valence-corrected chi connectivity index (χ4v) is 8.64. The third kappa shape index (κ3) is 26.3. The van der Waals surface area contributed by atoms with Crippen LogP contribution in [0, 0.1) is 23.7 Å². The van der Waals surface area contributed by atoms with Crippen LogP contribution in [0.1, 0.15) is 160 Å². The van der Waals surface area contributed by atoms with Crippen molar-refractivity contribution in [1.82, 2.24) is 36.9 Å². The van der Waals surface area contributed by atoms with E-state index in [0.717, 1.165) is 50.5 Å². The number of aromatic amines is 1.